The zero-order chi connectivity index (χ0) is 11.8. The standard InChI is InChI=1S/C14H12N2O/c1-9-10(5-4-8-13(9)17)14-15-11-6-2-3-7-12(11)16-14/h2-8,17H,1H3,(H,15,16). The Bertz CT molecular complexity index is 653. The number of aromatic amines is 1. The average molecular weight is 224 g/mol. The van der Waals surface area contributed by atoms with Gasteiger partial charge in [0.25, 0.3) is 0 Å². The molecule has 17 heavy (non-hydrogen) atoms. The zero-order valence-corrected chi connectivity index (χ0v) is 9.44. The van der Waals surface area contributed by atoms with Gasteiger partial charge in [0.1, 0.15) is 11.6 Å². The van der Waals surface area contributed by atoms with E-state index in [1.807, 2.05) is 43.3 Å². The Morgan fingerprint density at radius 2 is 1.88 bits per heavy atom. The quantitative estimate of drug-likeness (QED) is 0.666. The number of hydrogen-bond donors (Lipinski definition) is 2. The summed E-state index contributed by atoms with van der Waals surface area (Å²) in [6, 6.07) is 13.3. The Labute approximate surface area is 98.8 Å². The number of rotatable bonds is 1. The minimum Gasteiger partial charge on any atom is -0.508 e. The number of para-hydroxylation sites is 2. The molecule has 0 bridgehead atoms. The van der Waals surface area contributed by atoms with E-state index in [4.69, 9.17) is 0 Å². The van der Waals surface area contributed by atoms with Gasteiger partial charge < -0.3 is 10.1 Å². The van der Waals surface area contributed by atoms with Crippen LogP contribution in [0.3, 0.4) is 0 Å². The number of hydrogen-bond acceptors (Lipinski definition) is 2. The molecule has 2 N–H and O–H groups in total. The molecule has 0 unspecified atom stereocenters. The molecule has 0 saturated heterocycles. The lowest BCUT2D eigenvalue weighted by Gasteiger charge is -2.03. The number of aromatic hydroxyl groups is 1. The number of fused-ring (bicyclic) bond motifs is 1. The second-order valence-electron chi connectivity index (χ2n) is 4.05. The number of phenolic OH excluding ortho intramolecular Hbond substituents is 1. The predicted octanol–water partition coefficient (Wildman–Crippen LogP) is 3.24. The molecule has 0 fully saturated rings. The summed E-state index contributed by atoms with van der Waals surface area (Å²) < 4.78 is 0. The van der Waals surface area contributed by atoms with Crippen LogP contribution in [0.15, 0.2) is 42.5 Å². The molecule has 2 aromatic carbocycles. The highest BCUT2D eigenvalue weighted by Crippen LogP contribution is 2.28. The average Bonchev–Trinajstić information content (AvgIpc) is 2.76. The monoisotopic (exact) mass is 224 g/mol. The summed E-state index contributed by atoms with van der Waals surface area (Å²) in [5.41, 5.74) is 3.71. The summed E-state index contributed by atoms with van der Waals surface area (Å²) >= 11 is 0. The summed E-state index contributed by atoms with van der Waals surface area (Å²) in [4.78, 5) is 7.78. The smallest absolute Gasteiger partial charge is 0.138 e. The number of nitrogens with zero attached hydrogens (tertiary/aromatic N) is 1. The van der Waals surface area contributed by atoms with E-state index in [0.717, 1.165) is 28.0 Å². The summed E-state index contributed by atoms with van der Waals surface area (Å²) in [7, 11) is 0. The maximum absolute atomic E-state index is 9.69. The molecule has 3 rings (SSSR count). The van der Waals surface area contributed by atoms with Gasteiger partial charge in [-0.05, 0) is 25.1 Å². The van der Waals surface area contributed by atoms with Crippen molar-refractivity contribution in [2.24, 2.45) is 0 Å². The fraction of sp³-hybridized carbons (Fsp3) is 0.0714. The van der Waals surface area contributed by atoms with E-state index < -0.39 is 0 Å². The van der Waals surface area contributed by atoms with Crippen molar-refractivity contribution < 1.29 is 5.11 Å². The van der Waals surface area contributed by atoms with Gasteiger partial charge in [-0.15, -0.1) is 0 Å². The molecular weight excluding hydrogens is 212 g/mol. The molecule has 0 aliphatic carbocycles. The molecule has 0 aliphatic heterocycles. The Balaban J connectivity index is 2.24. The minimum absolute atomic E-state index is 0.294. The van der Waals surface area contributed by atoms with Crippen LogP contribution in [0.4, 0.5) is 0 Å². The maximum Gasteiger partial charge on any atom is 0.138 e. The van der Waals surface area contributed by atoms with E-state index in [2.05, 4.69) is 9.97 Å². The Hall–Kier alpha value is -2.29. The van der Waals surface area contributed by atoms with Crippen molar-refractivity contribution in [2.75, 3.05) is 0 Å². The minimum atomic E-state index is 0.294. The van der Waals surface area contributed by atoms with Crippen LogP contribution >= 0.6 is 0 Å². The molecule has 1 heterocycles. The third kappa shape index (κ3) is 1.56. The second-order valence-corrected chi connectivity index (χ2v) is 4.05. The number of H-pyrrole nitrogens is 1. The molecule has 0 radical (unpaired) electrons. The van der Waals surface area contributed by atoms with Crippen LogP contribution in [0.25, 0.3) is 22.4 Å². The molecule has 0 amide bonds. The van der Waals surface area contributed by atoms with Crippen molar-refractivity contribution in [3.63, 3.8) is 0 Å². The molecular formula is C14H12N2O. The first-order valence-electron chi connectivity index (χ1n) is 5.49. The summed E-state index contributed by atoms with van der Waals surface area (Å²) in [6.45, 7) is 1.89. The summed E-state index contributed by atoms with van der Waals surface area (Å²) in [6.07, 6.45) is 0. The highest BCUT2D eigenvalue weighted by Gasteiger charge is 2.09. The fourth-order valence-corrected chi connectivity index (χ4v) is 1.96. The lowest BCUT2D eigenvalue weighted by atomic mass is 10.1. The highest BCUT2D eigenvalue weighted by molar-refractivity contribution is 5.80. The Morgan fingerprint density at radius 3 is 2.71 bits per heavy atom. The van der Waals surface area contributed by atoms with Crippen molar-refractivity contribution in [1.29, 1.82) is 0 Å². The number of aromatic nitrogens is 2. The van der Waals surface area contributed by atoms with E-state index in [1.54, 1.807) is 6.07 Å². The first kappa shape index (κ1) is 9.90. The highest BCUT2D eigenvalue weighted by atomic mass is 16.3. The molecule has 3 nitrogen and oxygen atoms in total. The normalized spacial score (nSPS) is 10.9. The molecule has 3 aromatic rings. The van der Waals surface area contributed by atoms with Gasteiger partial charge in [-0.1, -0.05) is 24.3 Å². The largest absolute Gasteiger partial charge is 0.508 e. The van der Waals surface area contributed by atoms with Crippen LogP contribution in [-0.2, 0) is 0 Å². The van der Waals surface area contributed by atoms with Crippen molar-refractivity contribution >= 4 is 11.0 Å². The number of benzene rings is 2. The molecule has 1 aromatic heterocycles. The number of phenols is 1. The predicted molar refractivity (Wildman–Crippen MR) is 67.9 cm³/mol. The van der Waals surface area contributed by atoms with Crippen LogP contribution in [-0.4, -0.2) is 15.1 Å². The first-order valence-corrected chi connectivity index (χ1v) is 5.49. The molecule has 0 saturated carbocycles. The Morgan fingerprint density at radius 1 is 1.06 bits per heavy atom. The topological polar surface area (TPSA) is 48.9 Å². The third-order valence-electron chi connectivity index (χ3n) is 2.95. The van der Waals surface area contributed by atoms with Crippen molar-refractivity contribution in [3.05, 3.63) is 48.0 Å². The van der Waals surface area contributed by atoms with Gasteiger partial charge in [0, 0.05) is 11.1 Å². The van der Waals surface area contributed by atoms with Gasteiger partial charge in [0.05, 0.1) is 11.0 Å². The van der Waals surface area contributed by atoms with E-state index in [1.165, 1.54) is 0 Å². The zero-order valence-electron chi connectivity index (χ0n) is 9.44. The molecule has 0 spiro atoms. The lowest BCUT2D eigenvalue weighted by Crippen LogP contribution is -1.85. The van der Waals surface area contributed by atoms with Crippen LogP contribution in [0.5, 0.6) is 5.75 Å². The molecule has 3 heteroatoms. The van der Waals surface area contributed by atoms with Crippen molar-refractivity contribution in [2.45, 2.75) is 6.92 Å². The molecule has 0 atom stereocenters. The number of nitrogens with one attached hydrogen (secondary N) is 1. The van der Waals surface area contributed by atoms with Crippen LogP contribution in [0.2, 0.25) is 0 Å². The van der Waals surface area contributed by atoms with Gasteiger partial charge >= 0.3 is 0 Å². The lowest BCUT2D eigenvalue weighted by molar-refractivity contribution is 0.471. The van der Waals surface area contributed by atoms with Gasteiger partial charge in [0.15, 0.2) is 0 Å². The van der Waals surface area contributed by atoms with E-state index in [0.29, 0.717) is 5.75 Å². The van der Waals surface area contributed by atoms with Crippen LogP contribution < -0.4 is 0 Å². The summed E-state index contributed by atoms with van der Waals surface area (Å²) in [5, 5.41) is 9.69. The summed E-state index contributed by atoms with van der Waals surface area (Å²) in [5.74, 6) is 1.09. The van der Waals surface area contributed by atoms with Gasteiger partial charge in [-0.25, -0.2) is 4.98 Å². The van der Waals surface area contributed by atoms with Crippen LogP contribution in [0.1, 0.15) is 5.56 Å². The van der Waals surface area contributed by atoms with E-state index >= 15 is 0 Å². The van der Waals surface area contributed by atoms with Crippen molar-refractivity contribution in [3.8, 4) is 17.1 Å². The Kier molecular flexibility index (Phi) is 2.11. The third-order valence-corrected chi connectivity index (χ3v) is 2.95. The van der Waals surface area contributed by atoms with Crippen molar-refractivity contribution in [1.82, 2.24) is 9.97 Å². The van der Waals surface area contributed by atoms with Gasteiger partial charge in [0.2, 0.25) is 0 Å². The maximum atomic E-state index is 9.69. The van der Waals surface area contributed by atoms with Crippen LogP contribution in [0, 0.1) is 6.92 Å². The second kappa shape index (κ2) is 3.63. The first-order chi connectivity index (χ1) is 8.25. The van der Waals surface area contributed by atoms with Gasteiger partial charge in [-0.2, -0.15) is 0 Å². The van der Waals surface area contributed by atoms with E-state index in [-0.39, 0.29) is 0 Å². The molecule has 0 aliphatic rings. The fourth-order valence-electron chi connectivity index (χ4n) is 1.96. The molecule has 84 valence electrons. The van der Waals surface area contributed by atoms with E-state index in [9.17, 15) is 5.11 Å². The van der Waals surface area contributed by atoms with Gasteiger partial charge in [-0.3, -0.25) is 0 Å². The number of imidazole rings is 1. The SMILES string of the molecule is Cc1c(O)cccc1-c1nc2ccccc2[nH]1.